The Morgan fingerprint density at radius 2 is 1.45 bits per heavy atom. The van der Waals surface area contributed by atoms with Gasteiger partial charge in [0.15, 0.2) is 5.57 Å². The van der Waals surface area contributed by atoms with Crippen molar-refractivity contribution in [3.8, 4) is 12.1 Å². The van der Waals surface area contributed by atoms with Gasteiger partial charge in [-0.2, -0.15) is 10.5 Å². The third kappa shape index (κ3) is 5.39. The maximum Gasteiger partial charge on any atom is 0.169 e. The zero-order valence-corrected chi connectivity index (χ0v) is 18.6. The van der Waals surface area contributed by atoms with Crippen molar-refractivity contribution < 1.29 is 0 Å². The van der Waals surface area contributed by atoms with Crippen molar-refractivity contribution in [3.05, 3.63) is 46.8 Å². The topological polar surface area (TPSA) is 60.5 Å². The molecule has 0 aromatic heterocycles. The predicted octanol–water partition coefficient (Wildman–Crippen LogP) is 2.80. The summed E-state index contributed by atoms with van der Waals surface area (Å²) in [5.74, 6) is 0.862. The van der Waals surface area contributed by atoms with Crippen LogP contribution in [0.25, 0.3) is 0 Å². The number of allylic oxidation sites excluding steroid dienone is 1. The molecule has 4 rings (SSSR count). The lowest BCUT2D eigenvalue weighted by molar-refractivity contribution is 0.208. The zero-order valence-electron chi connectivity index (χ0n) is 18.6. The quantitative estimate of drug-likeness (QED) is 0.635. The summed E-state index contributed by atoms with van der Waals surface area (Å²) in [7, 11) is 0. The number of hydrogen-bond donors (Lipinski definition) is 0. The van der Waals surface area contributed by atoms with Crippen LogP contribution in [0.5, 0.6) is 0 Å². The minimum Gasteiger partial charge on any atom is -0.355 e. The lowest BCUT2D eigenvalue weighted by atomic mass is 10.00. The molecule has 3 aliphatic heterocycles. The van der Waals surface area contributed by atoms with Crippen molar-refractivity contribution in [1.29, 1.82) is 10.5 Å². The Morgan fingerprint density at radius 3 is 2.19 bits per heavy atom. The second-order valence-electron chi connectivity index (χ2n) is 8.95. The second-order valence-corrected chi connectivity index (χ2v) is 8.95. The van der Waals surface area contributed by atoms with Crippen LogP contribution in [0.4, 0.5) is 0 Å². The molecule has 0 N–H and O–H groups in total. The summed E-state index contributed by atoms with van der Waals surface area (Å²) in [5, 5.41) is 19.2. The first kappa shape index (κ1) is 21.7. The van der Waals surface area contributed by atoms with Crippen molar-refractivity contribution in [2.45, 2.75) is 38.6 Å². The second kappa shape index (κ2) is 10.7. The number of benzene rings is 1. The molecule has 6 heteroatoms. The van der Waals surface area contributed by atoms with E-state index in [2.05, 4.69) is 56.0 Å². The Bertz CT molecular complexity index is 841. The van der Waals surface area contributed by atoms with Gasteiger partial charge in [-0.25, -0.2) is 0 Å². The van der Waals surface area contributed by atoms with Gasteiger partial charge in [-0.3, -0.25) is 4.90 Å². The molecule has 31 heavy (non-hydrogen) atoms. The van der Waals surface area contributed by atoms with E-state index in [-0.39, 0.29) is 5.57 Å². The van der Waals surface area contributed by atoms with Crippen LogP contribution in [0.1, 0.15) is 36.8 Å². The summed E-state index contributed by atoms with van der Waals surface area (Å²) in [5.41, 5.74) is 3.16. The average molecular weight is 419 g/mol. The van der Waals surface area contributed by atoms with E-state index >= 15 is 0 Å². The molecule has 0 radical (unpaired) electrons. The van der Waals surface area contributed by atoms with E-state index in [4.69, 9.17) is 0 Å². The lowest BCUT2D eigenvalue weighted by Gasteiger charge is -2.32. The van der Waals surface area contributed by atoms with Gasteiger partial charge >= 0.3 is 0 Å². The molecule has 1 aromatic rings. The number of nitrogens with zero attached hydrogens (tertiary/aromatic N) is 6. The van der Waals surface area contributed by atoms with Crippen LogP contribution in [0.2, 0.25) is 0 Å². The third-order valence-corrected chi connectivity index (χ3v) is 6.93. The average Bonchev–Trinajstić information content (AvgIpc) is 3.22. The van der Waals surface area contributed by atoms with Crippen LogP contribution in [0.3, 0.4) is 0 Å². The fraction of sp³-hybridized carbons (Fsp3) is 0.600. The Labute approximate surface area is 186 Å². The molecule has 2 saturated heterocycles. The van der Waals surface area contributed by atoms with Crippen LogP contribution in [0, 0.1) is 22.7 Å². The molecule has 0 unspecified atom stereocenters. The molecule has 0 spiro atoms. The van der Waals surface area contributed by atoms with Crippen molar-refractivity contribution >= 4 is 0 Å². The SMILES string of the molecule is N#CC(C#N)=C1N(CCCN2CCCCC2)CCN1CCN1CCc2ccccc2C1. The smallest absolute Gasteiger partial charge is 0.169 e. The number of rotatable bonds is 7. The van der Waals surface area contributed by atoms with Crippen molar-refractivity contribution in [2.24, 2.45) is 0 Å². The molecule has 0 atom stereocenters. The van der Waals surface area contributed by atoms with E-state index in [1.54, 1.807) is 0 Å². The molecule has 3 heterocycles. The van der Waals surface area contributed by atoms with Gasteiger partial charge in [0, 0.05) is 45.8 Å². The standard InChI is InChI=1S/C25H34N6/c26-19-24(20-27)25-30(13-6-12-28-10-4-1-5-11-28)17-18-31(25)16-15-29-14-9-22-7-2-3-8-23(22)21-29/h2-3,7-8H,1,4-6,9-18,21H2. The first-order valence-electron chi connectivity index (χ1n) is 11.8. The largest absolute Gasteiger partial charge is 0.355 e. The molecule has 0 amide bonds. The van der Waals surface area contributed by atoms with E-state index in [1.165, 1.54) is 43.5 Å². The number of piperidine rings is 1. The molecule has 6 nitrogen and oxygen atoms in total. The van der Waals surface area contributed by atoms with Gasteiger partial charge in [0.05, 0.1) is 0 Å². The Balaban J connectivity index is 1.33. The minimum absolute atomic E-state index is 0.263. The summed E-state index contributed by atoms with van der Waals surface area (Å²) < 4.78 is 0. The fourth-order valence-corrected chi connectivity index (χ4v) is 5.21. The van der Waals surface area contributed by atoms with Gasteiger partial charge in [0.2, 0.25) is 0 Å². The Hall–Kier alpha value is -2.54. The van der Waals surface area contributed by atoms with Gasteiger partial charge in [-0.1, -0.05) is 30.7 Å². The summed E-state index contributed by atoms with van der Waals surface area (Å²) in [6, 6.07) is 13.0. The molecule has 164 valence electrons. The number of nitriles is 2. The van der Waals surface area contributed by atoms with Gasteiger partial charge in [0.1, 0.15) is 18.0 Å². The first-order valence-corrected chi connectivity index (χ1v) is 11.8. The minimum atomic E-state index is 0.263. The molecule has 0 aliphatic carbocycles. The highest BCUT2D eigenvalue weighted by Crippen LogP contribution is 2.24. The molecule has 0 saturated carbocycles. The van der Waals surface area contributed by atoms with Crippen molar-refractivity contribution in [1.82, 2.24) is 19.6 Å². The van der Waals surface area contributed by atoms with Gasteiger partial charge in [0.25, 0.3) is 0 Å². The van der Waals surface area contributed by atoms with Crippen LogP contribution in [0.15, 0.2) is 35.7 Å². The fourth-order valence-electron chi connectivity index (χ4n) is 5.21. The molecule has 1 aromatic carbocycles. The number of hydrogen-bond acceptors (Lipinski definition) is 6. The molecular formula is C25H34N6. The molecule has 2 fully saturated rings. The summed E-state index contributed by atoms with van der Waals surface area (Å²) in [6.07, 6.45) is 6.18. The third-order valence-electron chi connectivity index (χ3n) is 6.93. The number of likely N-dealkylation sites (tertiary alicyclic amines) is 1. The Morgan fingerprint density at radius 1 is 0.742 bits per heavy atom. The van der Waals surface area contributed by atoms with Crippen LogP contribution in [-0.4, -0.2) is 78.5 Å². The lowest BCUT2D eigenvalue weighted by Crippen LogP contribution is -2.37. The van der Waals surface area contributed by atoms with Gasteiger partial charge in [-0.15, -0.1) is 0 Å². The monoisotopic (exact) mass is 418 g/mol. The highest BCUT2D eigenvalue weighted by molar-refractivity contribution is 5.40. The molecule has 3 aliphatic rings. The zero-order chi connectivity index (χ0) is 21.5. The van der Waals surface area contributed by atoms with Crippen molar-refractivity contribution in [2.75, 3.05) is 58.9 Å². The van der Waals surface area contributed by atoms with Crippen molar-refractivity contribution in [3.63, 3.8) is 0 Å². The maximum atomic E-state index is 9.58. The molecule has 0 bridgehead atoms. The summed E-state index contributed by atoms with van der Waals surface area (Å²) >= 11 is 0. The summed E-state index contributed by atoms with van der Waals surface area (Å²) in [4.78, 5) is 9.60. The van der Waals surface area contributed by atoms with E-state index in [0.29, 0.717) is 0 Å². The van der Waals surface area contributed by atoms with Crippen LogP contribution >= 0.6 is 0 Å². The van der Waals surface area contributed by atoms with E-state index in [1.807, 2.05) is 0 Å². The highest BCUT2D eigenvalue weighted by atomic mass is 15.4. The maximum absolute atomic E-state index is 9.58. The van der Waals surface area contributed by atoms with E-state index in [0.717, 1.165) is 71.0 Å². The van der Waals surface area contributed by atoms with E-state index < -0.39 is 0 Å². The highest BCUT2D eigenvalue weighted by Gasteiger charge is 2.29. The van der Waals surface area contributed by atoms with E-state index in [9.17, 15) is 10.5 Å². The van der Waals surface area contributed by atoms with Crippen LogP contribution in [-0.2, 0) is 13.0 Å². The Kier molecular flexibility index (Phi) is 7.46. The predicted molar refractivity (Wildman–Crippen MR) is 122 cm³/mol. The molecular weight excluding hydrogens is 384 g/mol. The van der Waals surface area contributed by atoms with Gasteiger partial charge < -0.3 is 14.7 Å². The van der Waals surface area contributed by atoms with Crippen LogP contribution < -0.4 is 0 Å². The summed E-state index contributed by atoms with van der Waals surface area (Å²) in [6.45, 7) is 10.2. The van der Waals surface area contributed by atoms with Gasteiger partial charge in [-0.05, 0) is 56.4 Å². The normalized spacial score (nSPS) is 19.7. The number of fused-ring (bicyclic) bond motifs is 1. The first-order chi connectivity index (χ1) is 15.3.